The molecule has 0 bridgehead atoms. The lowest BCUT2D eigenvalue weighted by Gasteiger charge is -2.16. The Bertz CT molecular complexity index is 1110. The molecule has 3 aromatic rings. The Labute approximate surface area is 178 Å². The summed E-state index contributed by atoms with van der Waals surface area (Å²) in [5.41, 5.74) is 0.879. The zero-order valence-corrected chi connectivity index (χ0v) is 18.3. The fraction of sp³-hybridized carbons (Fsp3) is 0.381. The molecule has 0 amide bonds. The molecule has 0 unspecified atom stereocenters. The van der Waals surface area contributed by atoms with E-state index >= 15 is 0 Å². The molecule has 0 aliphatic carbocycles. The number of aryl methyl sites for hydroxylation is 1. The molecule has 0 saturated carbocycles. The van der Waals surface area contributed by atoms with Crippen molar-refractivity contribution in [3.8, 4) is 0 Å². The molecule has 0 aliphatic rings. The van der Waals surface area contributed by atoms with Crippen LogP contribution in [-0.4, -0.2) is 20.6 Å². The molecule has 1 aromatic carbocycles. The molecule has 0 aliphatic heterocycles. The molecule has 3 rings (SSSR count). The number of rotatable bonds is 7. The zero-order valence-electron chi connectivity index (χ0n) is 17.5. The lowest BCUT2D eigenvalue weighted by Crippen LogP contribution is -2.26. The van der Waals surface area contributed by atoms with Crippen LogP contribution in [0.25, 0.3) is 11.0 Å². The summed E-state index contributed by atoms with van der Waals surface area (Å²) in [6, 6.07) is 7.17. The van der Waals surface area contributed by atoms with Gasteiger partial charge in [-0.25, -0.2) is 13.8 Å². The highest BCUT2D eigenvalue weighted by molar-refractivity contribution is 7.97. The molecule has 0 fully saturated rings. The van der Waals surface area contributed by atoms with Gasteiger partial charge in [-0.1, -0.05) is 0 Å². The Balaban J connectivity index is 1.97. The van der Waals surface area contributed by atoms with Crippen LogP contribution in [0.15, 0.2) is 40.2 Å². The van der Waals surface area contributed by atoms with E-state index < -0.39 is 17.5 Å². The summed E-state index contributed by atoms with van der Waals surface area (Å²) < 4.78 is 31.1. The van der Waals surface area contributed by atoms with Crippen LogP contribution in [0.1, 0.15) is 51.3 Å². The average molecular weight is 434 g/mol. The number of hydrogen-bond acceptors (Lipinski definition) is 6. The molecule has 9 heteroatoms. The minimum Gasteiger partial charge on any atom is -0.324 e. The number of fused-ring (bicyclic) bond motifs is 1. The van der Waals surface area contributed by atoms with E-state index in [9.17, 15) is 13.6 Å². The number of anilines is 2. The number of nitrogens with zero attached hydrogens (tertiary/aromatic N) is 3. The first-order valence-electron chi connectivity index (χ1n) is 9.67. The molecule has 0 saturated heterocycles. The first kappa shape index (κ1) is 22.2. The second-order valence-electron chi connectivity index (χ2n) is 7.62. The van der Waals surface area contributed by atoms with E-state index in [1.807, 2.05) is 25.1 Å². The van der Waals surface area contributed by atoms with Crippen molar-refractivity contribution < 1.29 is 8.78 Å². The lowest BCUT2D eigenvalue weighted by molar-refractivity contribution is 0.149. The third-order valence-electron chi connectivity index (χ3n) is 4.41. The van der Waals surface area contributed by atoms with E-state index in [-0.39, 0.29) is 6.04 Å². The average Bonchev–Trinajstić information content (AvgIpc) is 2.67. The van der Waals surface area contributed by atoms with Gasteiger partial charge in [0.25, 0.3) is 12.0 Å². The van der Waals surface area contributed by atoms with E-state index in [4.69, 9.17) is 0 Å². The van der Waals surface area contributed by atoms with Gasteiger partial charge in [0, 0.05) is 34.2 Å². The summed E-state index contributed by atoms with van der Waals surface area (Å²) in [5.74, 6) is 0.296. The van der Waals surface area contributed by atoms with Crippen LogP contribution in [0, 0.1) is 6.92 Å². The normalized spacial score (nSPS) is 11.8. The SMILES string of the molecule is Cc1cc(SNC(C)C)ccc1Nc1ncc2cc(C(F)F)c(=O)n(C(C)C)c2n1. The molecule has 0 spiro atoms. The van der Waals surface area contributed by atoms with E-state index in [1.54, 1.807) is 25.8 Å². The van der Waals surface area contributed by atoms with Gasteiger partial charge in [-0.2, -0.15) is 4.98 Å². The number of aromatic nitrogens is 3. The van der Waals surface area contributed by atoms with Gasteiger partial charge in [0.1, 0.15) is 5.65 Å². The van der Waals surface area contributed by atoms with Gasteiger partial charge in [-0.15, -0.1) is 0 Å². The molecule has 30 heavy (non-hydrogen) atoms. The molecule has 0 radical (unpaired) electrons. The second kappa shape index (κ2) is 9.09. The van der Waals surface area contributed by atoms with Crippen molar-refractivity contribution in [1.29, 1.82) is 0 Å². The maximum absolute atomic E-state index is 13.3. The summed E-state index contributed by atoms with van der Waals surface area (Å²) in [6.45, 7) is 9.65. The smallest absolute Gasteiger partial charge is 0.269 e. The van der Waals surface area contributed by atoms with Gasteiger partial charge in [0.2, 0.25) is 5.95 Å². The fourth-order valence-corrected chi connectivity index (χ4v) is 3.73. The van der Waals surface area contributed by atoms with Crippen LogP contribution in [0.2, 0.25) is 0 Å². The molecule has 2 N–H and O–H groups in total. The largest absolute Gasteiger partial charge is 0.324 e. The zero-order chi connectivity index (χ0) is 22.0. The highest BCUT2D eigenvalue weighted by Crippen LogP contribution is 2.26. The number of hydrogen-bond donors (Lipinski definition) is 2. The third kappa shape index (κ3) is 4.79. The summed E-state index contributed by atoms with van der Waals surface area (Å²) in [4.78, 5) is 22.3. The molecular formula is C21H25F2N5OS. The maximum atomic E-state index is 13.3. The third-order valence-corrected chi connectivity index (χ3v) is 5.49. The summed E-state index contributed by atoms with van der Waals surface area (Å²) in [7, 11) is 0. The molecule has 160 valence electrons. The van der Waals surface area contributed by atoms with Crippen LogP contribution >= 0.6 is 11.9 Å². The second-order valence-corrected chi connectivity index (χ2v) is 8.53. The Morgan fingerprint density at radius 3 is 2.47 bits per heavy atom. The monoisotopic (exact) mass is 433 g/mol. The standard InChI is InChI=1S/C21H25F2N5OS/c1-11(2)27-30-15-6-7-17(13(5)8-15)25-21-24-10-14-9-16(18(22)23)20(29)28(12(3)4)19(14)26-21/h6-12,18,27H,1-5H3,(H,24,25,26). The number of alkyl halides is 2. The van der Waals surface area contributed by atoms with E-state index in [2.05, 4.69) is 33.9 Å². The molecule has 6 nitrogen and oxygen atoms in total. The number of nitrogens with one attached hydrogen (secondary N) is 2. The van der Waals surface area contributed by atoms with Crippen molar-refractivity contribution in [2.75, 3.05) is 5.32 Å². The fourth-order valence-electron chi connectivity index (χ4n) is 2.98. The molecular weight excluding hydrogens is 408 g/mol. The van der Waals surface area contributed by atoms with Crippen LogP contribution in [-0.2, 0) is 0 Å². The van der Waals surface area contributed by atoms with E-state index in [0.29, 0.717) is 23.0 Å². The van der Waals surface area contributed by atoms with Crippen molar-refractivity contribution >= 4 is 34.6 Å². The van der Waals surface area contributed by atoms with Crippen molar-refractivity contribution in [3.05, 3.63) is 51.9 Å². The summed E-state index contributed by atoms with van der Waals surface area (Å²) in [6.07, 6.45) is -1.39. The first-order chi connectivity index (χ1) is 14.2. The van der Waals surface area contributed by atoms with Crippen molar-refractivity contribution in [1.82, 2.24) is 19.3 Å². The van der Waals surface area contributed by atoms with Gasteiger partial charge in [-0.05, 0) is 76.4 Å². The van der Waals surface area contributed by atoms with Gasteiger partial charge in [-0.3, -0.25) is 14.1 Å². The topological polar surface area (TPSA) is 71.8 Å². The minimum absolute atomic E-state index is 0.296. The Kier molecular flexibility index (Phi) is 6.72. The highest BCUT2D eigenvalue weighted by atomic mass is 32.2. The van der Waals surface area contributed by atoms with E-state index in [0.717, 1.165) is 16.1 Å². The predicted molar refractivity (Wildman–Crippen MR) is 118 cm³/mol. The lowest BCUT2D eigenvalue weighted by atomic mass is 10.2. The van der Waals surface area contributed by atoms with Crippen molar-refractivity contribution in [2.24, 2.45) is 0 Å². The van der Waals surface area contributed by atoms with Crippen molar-refractivity contribution in [2.45, 2.75) is 58.0 Å². The molecule has 0 atom stereocenters. The van der Waals surface area contributed by atoms with Crippen LogP contribution in [0.3, 0.4) is 0 Å². The Morgan fingerprint density at radius 1 is 1.13 bits per heavy atom. The number of benzene rings is 1. The van der Waals surface area contributed by atoms with Crippen LogP contribution < -0.4 is 15.6 Å². The highest BCUT2D eigenvalue weighted by Gasteiger charge is 2.19. The Morgan fingerprint density at radius 2 is 1.87 bits per heavy atom. The molecule has 2 aromatic heterocycles. The van der Waals surface area contributed by atoms with Crippen LogP contribution in [0.4, 0.5) is 20.4 Å². The van der Waals surface area contributed by atoms with Gasteiger partial charge in [0.05, 0.1) is 5.56 Å². The van der Waals surface area contributed by atoms with Gasteiger partial charge in [0.15, 0.2) is 0 Å². The number of pyridine rings is 1. The first-order valence-corrected chi connectivity index (χ1v) is 10.5. The minimum atomic E-state index is -2.85. The van der Waals surface area contributed by atoms with Gasteiger partial charge >= 0.3 is 0 Å². The van der Waals surface area contributed by atoms with Gasteiger partial charge < -0.3 is 5.32 Å². The summed E-state index contributed by atoms with van der Waals surface area (Å²) in [5, 5.41) is 3.56. The van der Waals surface area contributed by atoms with E-state index in [1.165, 1.54) is 16.8 Å². The Hall–Kier alpha value is -2.52. The summed E-state index contributed by atoms with van der Waals surface area (Å²) >= 11 is 1.56. The predicted octanol–water partition coefficient (Wildman–Crippen LogP) is 5.37. The number of halogens is 2. The van der Waals surface area contributed by atoms with Crippen molar-refractivity contribution in [3.63, 3.8) is 0 Å². The van der Waals surface area contributed by atoms with Crippen LogP contribution in [0.5, 0.6) is 0 Å². The quantitative estimate of drug-likeness (QED) is 0.488. The molecule has 2 heterocycles. The maximum Gasteiger partial charge on any atom is 0.269 e.